The van der Waals surface area contributed by atoms with Gasteiger partial charge in [-0.05, 0) is 51.7 Å². The predicted molar refractivity (Wildman–Crippen MR) is 94.3 cm³/mol. The zero-order valence-electron chi connectivity index (χ0n) is 14.5. The zero-order chi connectivity index (χ0) is 17.7. The molecule has 0 radical (unpaired) electrons. The number of hydrogen-bond acceptors (Lipinski definition) is 3. The van der Waals surface area contributed by atoms with Crippen molar-refractivity contribution in [2.45, 2.75) is 39.2 Å². The molecule has 1 aliphatic heterocycles. The van der Waals surface area contributed by atoms with Crippen LogP contribution >= 0.6 is 11.6 Å². The van der Waals surface area contributed by atoms with Gasteiger partial charge in [0.1, 0.15) is 5.60 Å². The van der Waals surface area contributed by atoms with E-state index >= 15 is 0 Å². The first-order valence-electron chi connectivity index (χ1n) is 8.27. The smallest absolute Gasteiger partial charge is 0.407 e. The number of nitrogens with zero attached hydrogens (tertiary/aromatic N) is 1. The van der Waals surface area contributed by atoms with Crippen LogP contribution in [0.15, 0.2) is 24.3 Å². The fraction of sp³-hybridized carbons (Fsp3) is 0.556. The van der Waals surface area contributed by atoms with Crippen molar-refractivity contribution in [3.05, 3.63) is 34.9 Å². The second-order valence-electron chi connectivity index (χ2n) is 7.10. The second kappa shape index (κ2) is 7.88. The highest BCUT2D eigenvalue weighted by atomic mass is 35.5. The molecule has 0 atom stereocenters. The van der Waals surface area contributed by atoms with Crippen molar-refractivity contribution in [3.8, 4) is 0 Å². The summed E-state index contributed by atoms with van der Waals surface area (Å²) in [6, 6.07) is 7.11. The van der Waals surface area contributed by atoms with Crippen LogP contribution in [-0.4, -0.2) is 42.1 Å². The quantitative estimate of drug-likeness (QED) is 0.902. The highest BCUT2D eigenvalue weighted by molar-refractivity contribution is 6.33. The molecule has 0 saturated carbocycles. The summed E-state index contributed by atoms with van der Waals surface area (Å²) in [6.45, 7) is 7.43. The molecule has 0 aliphatic carbocycles. The van der Waals surface area contributed by atoms with Gasteiger partial charge in [-0.15, -0.1) is 0 Å². The Morgan fingerprint density at radius 2 is 1.88 bits per heavy atom. The maximum atomic E-state index is 12.5. The van der Waals surface area contributed by atoms with E-state index in [1.807, 2.05) is 37.8 Å². The van der Waals surface area contributed by atoms with E-state index in [0.29, 0.717) is 36.1 Å². The van der Waals surface area contributed by atoms with E-state index in [9.17, 15) is 9.59 Å². The van der Waals surface area contributed by atoms with E-state index < -0.39 is 11.7 Å². The summed E-state index contributed by atoms with van der Waals surface area (Å²) in [4.78, 5) is 26.0. The molecule has 1 aliphatic rings. The minimum atomic E-state index is -0.491. The van der Waals surface area contributed by atoms with Gasteiger partial charge in [0.2, 0.25) is 0 Å². The van der Waals surface area contributed by atoms with Gasteiger partial charge in [0, 0.05) is 19.6 Å². The second-order valence-corrected chi connectivity index (χ2v) is 7.51. The molecule has 1 saturated heterocycles. The Morgan fingerprint density at radius 3 is 2.46 bits per heavy atom. The van der Waals surface area contributed by atoms with Crippen LogP contribution in [0.5, 0.6) is 0 Å². The average molecular weight is 353 g/mol. The van der Waals surface area contributed by atoms with Gasteiger partial charge in [-0.2, -0.15) is 0 Å². The number of ether oxygens (including phenoxy) is 1. The van der Waals surface area contributed by atoms with Crippen LogP contribution in [0.25, 0.3) is 0 Å². The fourth-order valence-corrected chi connectivity index (χ4v) is 2.90. The van der Waals surface area contributed by atoms with E-state index in [-0.39, 0.29) is 5.91 Å². The molecule has 0 aromatic heterocycles. The van der Waals surface area contributed by atoms with Crippen LogP contribution in [-0.2, 0) is 4.74 Å². The first-order chi connectivity index (χ1) is 11.3. The number of carbonyl (C=O) groups is 2. The molecule has 1 aromatic rings. The molecule has 1 aromatic carbocycles. The third-order valence-electron chi connectivity index (χ3n) is 3.94. The highest BCUT2D eigenvalue weighted by Gasteiger charge is 2.25. The number of halogens is 1. The number of likely N-dealkylation sites (tertiary alicyclic amines) is 1. The summed E-state index contributed by atoms with van der Waals surface area (Å²) in [5.74, 6) is 0.326. The number of hydrogen-bond donors (Lipinski definition) is 1. The van der Waals surface area contributed by atoms with Crippen molar-refractivity contribution in [1.29, 1.82) is 0 Å². The summed E-state index contributed by atoms with van der Waals surface area (Å²) in [6.07, 6.45) is 1.31. The lowest BCUT2D eigenvalue weighted by atomic mass is 9.96. The third-order valence-corrected chi connectivity index (χ3v) is 4.27. The molecule has 1 heterocycles. The van der Waals surface area contributed by atoms with Crippen molar-refractivity contribution in [3.63, 3.8) is 0 Å². The lowest BCUT2D eigenvalue weighted by Gasteiger charge is -2.32. The highest BCUT2D eigenvalue weighted by Crippen LogP contribution is 2.22. The largest absolute Gasteiger partial charge is 0.444 e. The van der Waals surface area contributed by atoms with Gasteiger partial charge < -0.3 is 15.0 Å². The van der Waals surface area contributed by atoms with Crippen LogP contribution in [0.2, 0.25) is 5.02 Å². The Morgan fingerprint density at radius 1 is 1.25 bits per heavy atom. The molecule has 1 N–H and O–H groups in total. The van der Waals surface area contributed by atoms with Crippen LogP contribution in [0.1, 0.15) is 44.0 Å². The number of rotatable bonds is 3. The van der Waals surface area contributed by atoms with Gasteiger partial charge in [0.25, 0.3) is 5.91 Å². The lowest BCUT2D eigenvalue weighted by molar-refractivity contribution is 0.0500. The molecular weight excluding hydrogens is 328 g/mol. The molecule has 24 heavy (non-hydrogen) atoms. The first-order valence-corrected chi connectivity index (χ1v) is 8.65. The summed E-state index contributed by atoms with van der Waals surface area (Å²) >= 11 is 6.10. The Labute approximate surface area is 148 Å². The normalized spacial score (nSPS) is 15.9. The molecule has 1 fully saturated rings. The van der Waals surface area contributed by atoms with Crippen molar-refractivity contribution >= 4 is 23.6 Å². The van der Waals surface area contributed by atoms with E-state index in [4.69, 9.17) is 16.3 Å². The Balaban J connectivity index is 1.78. The summed E-state index contributed by atoms with van der Waals surface area (Å²) in [5, 5.41) is 3.29. The SMILES string of the molecule is CC(C)(C)OC(=O)NCC1CCN(C(=O)c2ccccc2Cl)CC1. The molecule has 0 bridgehead atoms. The Hall–Kier alpha value is -1.75. The molecule has 2 rings (SSSR count). The van der Waals surface area contributed by atoms with E-state index in [1.54, 1.807) is 12.1 Å². The van der Waals surface area contributed by atoms with Gasteiger partial charge in [-0.3, -0.25) is 4.79 Å². The predicted octanol–water partition coefficient (Wildman–Crippen LogP) is 3.72. The number of piperidine rings is 1. The Bertz CT molecular complexity index is 590. The van der Waals surface area contributed by atoms with E-state index in [1.165, 1.54) is 0 Å². The number of amides is 2. The minimum Gasteiger partial charge on any atom is -0.444 e. The van der Waals surface area contributed by atoms with E-state index in [0.717, 1.165) is 12.8 Å². The molecule has 5 nitrogen and oxygen atoms in total. The van der Waals surface area contributed by atoms with Crippen molar-refractivity contribution in [1.82, 2.24) is 10.2 Å². The summed E-state index contributed by atoms with van der Waals surface area (Å²) in [7, 11) is 0. The third kappa shape index (κ3) is 5.41. The van der Waals surface area contributed by atoms with Gasteiger partial charge in [-0.1, -0.05) is 23.7 Å². The van der Waals surface area contributed by atoms with Crippen molar-refractivity contribution in [2.75, 3.05) is 19.6 Å². The number of benzene rings is 1. The maximum Gasteiger partial charge on any atom is 0.407 e. The maximum absolute atomic E-state index is 12.5. The molecular formula is C18H25ClN2O3. The number of carbonyl (C=O) groups excluding carboxylic acids is 2. The average Bonchev–Trinajstić information content (AvgIpc) is 2.52. The van der Waals surface area contributed by atoms with Gasteiger partial charge in [0.05, 0.1) is 10.6 Å². The zero-order valence-corrected chi connectivity index (χ0v) is 15.2. The van der Waals surface area contributed by atoms with Crippen molar-refractivity contribution in [2.24, 2.45) is 5.92 Å². The molecule has 132 valence electrons. The van der Waals surface area contributed by atoms with Gasteiger partial charge in [0.15, 0.2) is 0 Å². The monoisotopic (exact) mass is 352 g/mol. The van der Waals surface area contributed by atoms with E-state index in [2.05, 4.69) is 5.32 Å². The standard InChI is InChI=1S/C18H25ClN2O3/c1-18(2,3)24-17(23)20-12-13-8-10-21(11-9-13)16(22)14-6-4-5-7-15(14)19/h4-7,13H,8-12H2,1-3H3,(H,20,23). The first kappa shape index (κ1) is 18.6. The topological polar surface area (TPSA) is 58.6 Å². The van der Waals surface area contributed by atoms with Crippen LogP contribution in [0.3, 0.4) is 0 Å². The lowest BCUT2D eigenvalue weighted by Crippen LogP contribution is -2.42. The fourth-order valence-electron chi connectivity index (χ4n) is 2.69. The van der Waals surface area contributed by atoms with Crippen LogP contribution in [0.4, 0.5) is 4.79 Å². The summed E-state index contributed by atoms with van der Waals surface area (Å²) in [5.41, 5.74) is 0.0546. The summed E-state index contributed by atoms with van der Waals surface area (Å²) < 4.78 is 5.23. The minimum absolute atomic E-state index is 0.0286. The number of alkyl carbamates (subject to hydrolysis) is 1. The molecule has 6 heteroatoms. The van der Waals surface area contributed by atoms with Crippen LogP contribution in [0, 0.1) is 5.92 Å². The molecule has 0 spiro atoms. The van der Waals surface area contributed by atoms with Gasteiger partial charge >= 0.3 is 6.09 Å². The van der Waals surface area contributed by atoms with Gasteiger partial charge in [-0.25, -0.2) is 4.79 Å². The molecule has 2 amide bonds. The number of nitrogens with one attached hydrogen (secondary N) is 1. The van der Waals surface area contributed by atoms with Crippen molar-refractivity contribution < 1.29 is 14.3 Å². The van der Waals surface area contributed by atoms with Crippen LogP contribution < -0.4 is 5.32 Å². The molecule has 0 unspecified atom stereocenters. The Kier molecular flexibility index (Phi) is 6.10.